The van der Waals surface area contributed by atoms with E-state index in [9.17, 15) is 9.59 Å². The number of hydrogen-bond acceptors (Lipinski definition) is 6. The van der Waals surface area contributed by atoms with Gasteiger partial charge in [0.05, 0.1) is 11.5 Å². The van der Waals surface area contributed by atoms with Crippen molar-refractivity contribution in [1.82, 2.24) is 5.32 Å². The standard InChI is InChI=1S/C19H20ClNO4S2/c1-3-4-9-24-16(22)11-25-15-8-7-14(20)10-13(15)6-5-12(2)17-18(23)21-19(26)27-17/h5-8,10H,3-4,9,11H2,1-2H3,(H,21,23,26)/b6-5+,17-12+. The second kappa shape index (κ2) is 10.5. The van der Waals surface area contributed by atoms with Gasteiger partial charge in [-0.25, -0.2) is 4.79 Å². The van der Waals surface area contributed by atoms with Gasteiger partial charge in [-0.1, -0.05) is 61.1 Å². The third-order valence-electron chi connectivity index (χ3n) is 3.57. The van der Waals surface area contributed by atoms with Crippen LogP contribution in [-0.4, -0.2) is 29.4 Å². The Bertz CT molecular complexity index is 805. The number of nitrogens with one attached hydrogen (secondary N) is 1. The van der Waals surface area contributed by atoms with Crippen LogP contribution in [0.25, 0.3) is 6.08 Å². The molecule has 27 heavy (non-hydrogen) atoms. The van der Waals surface area contributed by atoms with Gasteiger partial charge in [0.15, 0.2) is 6.61 Å². The van der Waals surface area contributed by atoms with Crippen molar-refractivity contribution in [3.63, 3.8) is 0 Å². The second-order valence-corrected chi connectivity index (χ2v) is 7.86. The van der Waals surface area contributed by atoms with E-state index >= 15 is 0 Å². The van der Waals surface area contributed by atoms with Crippen LogP contribution < -0.4 is 10.1 Å². The highest BCUT2D eigenvalue weighted by atomic mass is 35.5. The van der Waals surface area contributed by atoms with Gasteiger partial charge in [-0.3, -0.25) is 4.79 Å². The summed E-state index contributed by atoms with van der Waals surface area (Å²) in [4.78, 5) is 24.1. The molecule has 1 amide bonds. The molecule has 1 fully saturated rings. The number of carbonyl (C=O) groups is 2. The van der Waals surface area contributed by atoms with Crippen molar-refractivity contribution in [1.29, 1.82) is 0 Å². The smallest absolute Gasteiger partial charge is 0.344 e. The maximum atomic E-state index is 11.8. The number of unbranched alkanes of at least 4 members (excludes halogenated alkanes) is 1. The van der Waals surface area contributed by atoms with Gasteiger partial charge in [-0.05, 0) is 37.1 Å². The summed E-state index contributed by atoms with van der Waals surface area (Å²) in [6.45, 7) is 4.05. The van der Waals surface area contributed by atoms with Gasteiger partial charge in [0, 0.05) is 10.6 Å². The zero-order valence-electron chi connectivity index (χ0n) is 15.0. The number of rotatable bonds is 8. The largest absolute Gasteiger partial charge is 0.481 e. The first-order valence-corrected chi connectivity index (χ1v) is 10.0. The molecule has 1 heterocycles. The number of thioether (sulfide) groups is 1. The van der Waals surface area contributed by atoms with Crippen molar-refractivity contribution in [3.8, 4) is 5.75 Å². The van der Waals surface area contributed by atoms with Crippen LogP contribution in [0.2, 0.25) is 5.02 Å². The van der Waals surface area contributed by atoms with Crippen molar-refractivity contribution in [2.75, 3.05) is 13.2 Å². The molecule has 1 aliphatic rings. The summed E-state index contributed by atoms with van der Waals surface area (Å²) in [6, 6.07) is 5.09. The van der Waals surface area contributed by atoms with Gasteiger partial charge in [-0.15, -0.1) is 0 Å². The van der Waals surface area contributed by atoms with Gasteiger partial charge in [0.25, 0.3) is 5.91 Å². The van der Waals surface area contributed by atoms with Gasteiger partial charge in [0.2, 0.25) is 0 Å². The SMILES string of the molecule is CCCCOC(=O)COc1ccc(Cl)cc1/C=C/C(C)=C1/SC(=S)NC1=O. The summed E-state index contributed by atoms with van der Waals surface area (Å²) in [7, 11) is 0. The molecule has 0 saturated carbocycles. The average Bonchev–Trinajstić information content (AvgIpc) is 2.97. The van der Waals surface area contributed by atoms with E-state index in [-0.39, 0.29) is 12.5 Å². The van der Waals surface area contributed by atoms with Crippen molar-refractivity contribution in [2.24, 2.45) is 0 Å². The van der Waals surface area contributed by atoms with Crippen LogP contribution in [0.3, 0.4) is 0 Å². The molecular formula is C19H20ClNO4S2. The van der Waals surface area contributed by atoms with E-state index in [1.54, 1.807) is 30.4 Å². The number of ether oxygens (including phenoxy) is 2. The fourth-order valence-electron chi connectivity index (χ4n) is 2.15. The van der Waals surface area contributed by atoms with E-state index in [1.807, 2.05) is 13.8 Å². The van der Waals surface area contributed by atoms with Crippen molar-refractivity contribution >= 4 is 57.9 Å². The van der Waals surface area contributed by atoms with Crippen molar-refractivity contribution < 1.29 is 19.1 Å². The lowest BCUT2D eigenvalue weighted by Crippen LogP contribution is -2.18. The first-order valence-electron chi connectivity index (χ1n) is 8.40. The normalized spacial score (nSPS) is 15.8. The van der Waals surface area contributed by atoms with E-state index in [0.717, 1.165) is 18.4 Å². The zero-order valence-corrected chi connectivity index (χ0v) is 17.4. The number of amides is 1. The molecule has 5 nitrogen and oxygen atoms in total. The van der Waals surface area contributed by atoms with Gasteiger partial charge in [0.1, 0.15) is 10.1 Å². The predicted octanol–water partition coefficient (Wildman–Crippen LogP) is 4.50. The number of benzene rings is 1. The molecule has 1 saturated heterocycles. The number of esters is 1. The Labute approximate surface area is 173 Å². The minimum absolute atomic E-state index is 0.182. The zero-order chi connectivity index (χ0) is 19.8. The topological polar surface area (TPSA) is 64.6 Å². The number of hydrogen-bond donors (Lipinski definition) is 1. The minimum atomic E-state index is -0.417. The lowest BCUT2D eigenvalue weighted by Gasteiger charge is -2.10. The van der Waals surface area contributed by atoms with E-state index in [4.69, 9.17) is 33.3 Å². The highest BCUT2D eigenvalue weighted by Gasteiger charge is 2.23. The first kappa shape index (κ1) is 21.5. The predicted molar refractivity (Wildman–Crippen MR) is 113 cm³/mol. The molecule has 1 aromatic carbocycles. The number of thiocarbonyl (C=S) groups is 1. The number of allylic oxidation sites excluding steroid dienone is 2. The Hall–Kier alpha value is -1.83. The molecule has 2 rings (SSSR count). The Morgan fingerprint density at radius 2 is 2.19 bits per heavy atom. The molecule has 0 spiro atoms. The fraction of sp³-hybridized carbons (Fsp3) is 0.316. The molecule has 144 valence electrons. The molecule has 0 bridgehead atoms. The van der Waals surface area contributed by atoms with Gasteiger partial charge >= 0.3 is 5.97 Å². The molecule has 1 aromatic rings. The van der Waals surface area contributed by atoms with Crippen LogP contribution in [0.1, 0.15) is 32.3 Å². The minimum Gasteiger partial charge on any atom is -0.481 e. The molecule has 8 heteroatoms. The lowest BCUT2D eigenvalue weighted by atomic mass is 10.1. The monoisotopic (exact) mass is 425 g/mol. The Balaban J connectivity index is 2.09. The molecule has 1 N–H and O–H groups in total. The van der Waals surface area contributed by atoms with Crippen LogP contribution in [0, 0.1) is 0 Å². The lowest BCUT2D eigenvalue weighted by molar-refractivity contribution is -0.146. The van der Waals surface area contributed by atoms with E-state index < -0.39 is 5.97 Å². The van der Waals surface area contributed by atoms with E-state index in [1.165, 1.54) is 11.8 Å². The van der Waals surface area contributed by atoms with E-state index in [0.29, 0.717) is 32.2 Å². The molecule has 0 radical (unpaired) electrons. The Morgan fingerprint density at radius 1 is 1.41 bits per heavy atom. The van der Waals surface area contributed by atoms with Crippen LogP contribution in [0.4, 0.5) is 0 Å². The summed E-state index contributed by atoms with van der Waals surface area (Å²) in [5.74, 6) is -0.122. The van der Waals surface area contributed by atoms with Crippen molar-refractivity contribution in [3.05, 3.63) is 45.3 Å². The van der Waals surface area contributed by atoms with Crippen LogP contribution in [0.15, 0.2) is 34.8 Å². The molecule has 0 unspecified atom stereocenters. The van der Waals surface area contributed by atoms with E-state index in [2.05, 4.69) is 5.32 Å². The molecule has 0 aliphatic carbocycles. The second-order valence-electron chi connectivity index (χ2n) is 5.73. The third-order valence-corrected chi connectivity index (χ3v) is 5.15. The first-order chi connectivity index (χ1) is 12.9. The highest BCUT2D eigenvalue weighted by Crippen LogP contribution is 2.29. The Morgan fingerprint density at radius 3 is 2.85 bits per heavy atom. The third kappa shape index (κ3) is 6.68. The van der Waals surface area contributed by atoms with Crippen molar-refractivity contribution in [2.45, 2.75) is 26.7 Å². The maximum Gasteiger partial charge on any atom is 0.344 e. The molecule has 0 aromatic heterocycles. The molecular weight excluding hydrogens is 406 g/mol. The van der Waals surface area contributed by atoms with Crippen LogP contribution in [0.5, 0.6) is 5.75 Å². The molecule has 1 aliphatic heterocycles. The summed E-state index contributed by atoms with van der Waals surface area (Å²) < 4.78 is 11.1. The van der Waals surface area contributed by atoms with Crippen LogP contribution in [-0.2, 0) is 14.3 Å². The summed E-state index contributed by atoms with van der Waals surface area (Å²) >= 11 is 12.3. The Kier molecular flexibility index (Phi) is 8.34. The summed E-state index contributed by atoms with van der Waals surface area (Å²) in [6.07, 6.45) is 5.34. The average molecular weight is 426 g/mol. The summed E-state index contributed by atoms with van der Waals surface area (Å²) in [5, 5.41) is 3.12. The number of halogens is 1. The summed E-state index contributed by atoms with van der Waals surface area (Å²) in [5.41, 5.74) is 1.46. The number of carbonyl (C=O) groups excluding carboxylic acids is 2. The maximum absolute atomic E-state index is 11.8. The van der Waals surface area contributed by atoms with Crippen LogP contribution >= 0.6 is 35.6 Å². The highest BCUT2D eigenvalue weighted by molar-refractivity contribution is 8.26. The fourth-order valence-corrected chi connectivity index (χ4v) is 3.38. The quantitative estimate of drug-likeness (QED) is 0.286. The van der Waals surface area contributed by atoms with Gasteiger partial charge in [-0.2, -0.15) is 0 Å². The van der Waals surface area contributed by atoms with Gasteiger partial charge < -0.3 is 14.8 Å². The molecule has 0 atom stereocenters.